The third-order valence-corrected chi connectivity index (χ3v) is 7.67. The zero-order valence-electron chi connectivity index (χ0n) is 17.2. The molecule has 160 valence electrons. The molecule has 4 aromatic rings. The van der Waals surface area contributed by atoms with Crippen LogP contribution in [0.25, 0.3) is 22.6 Å². The molecule has 0 spiro atoms. The molecule has 0 saturated carbocycles. The Bertz CT molecular complexity index is 1350. The van der Waals surface area contributed by atoms with E-state index in [4.69, 9.17) is 4.98 Å². The molecule has 0 fully saturated rings. The smallest absolute Gasteiger partial charge is 0.218 e. The van der Waals surface area contributed by atoms with Gasteiger partial charge in [0.15, 0.2) is 5.82 Å². The van der Waals surface area contributed by atoms with E-state index in [1.807, 2.05) is 6.07 Å². The molecule has 0 atom stereocenters. The van der Waals surface area contributed by atoms with Crippen molar-refractivity contribution in [2.75, 3.05) is 6.54 Å². The fourth-order valence-corrected chi connectivity index (χ4v) is 5.48. The van der Waals surface area contributed by atoms with E-state index in [2.05, 4.69) is 35.1 Å². The number of imidazole rings is 1. The first kappa shape index (κ1) is 19.9. The lowest BCUT2D eigenvalue weighted by atomic mass is 10.1. The summed E-state index contributed by atoms with van der Waals surface area (Å²) in [7, 11) is -3.54. The van der Waals surface area contributed by atoms with Crippen LogP contribution in [0.4, 0.5) is 4.39 Å². The number of nitrogens with zero attached hydrogens (tertiary/aromatic N) is 3. The maximum absolute atomic E-state index is 13.1. The fraction of sp³-hybridized carbons (Fsp3) is 0.273. The minimum atomic E-state index is -3.54. The molecule has 2 aromatic heterocycles. The first-order valence-corrected chi connectivity index (χ1v) is 11.7. The van der Waals surface area contributed by atoms with Crippen LogP contribution >= 0.6 is 0 Å². The highest BCUT2D eigenvalue weighted by molar-refractivity contribution is 7.88. The molecule has 3 heterocycles. The Labute approximate surface area is 179 Å². The van der Waals surface area contributed by atoms with Crippen molar-refractivity contribution in [3.63, 3.8) is 0 Å². The summed E-state index contributed by atoms with van der Waals surface area (Å²) in [5.74, 6) is 0.135. The van der Waals surface area contributed by atoms with Crippen molar-refractivity contribution in [2.45, 2.75) is 32.6 Å². The molecule has 1 aliphatic rings. The predicted octanol–water partition coefficient (Wildman–Crippen LogP) is 3.60. The van der Waals surface area contributed by atoms with Crippen molar-refractivity contribution < 1.29 is 12.8 Å². The zero-order chi connectivity index (χ0) is 21.8. The number of aryl methyl sites for hydroxylation is 2. The molecule has 0 amide bonds. The summed E-state index contributed by atoms with van der Waals surface area (Å²) in [5, 5.41) is 7.44. The van der Waals surface area contributed by atoms with Crippen molar-refractivity contribution in [3.8, 4) is 11.5 Å². The van der Waals surface area contributed by atoms with E-state index in [1.54, 1.807) is 0 Å². The summed E-state index contributed by atoms with van der Waals surface area (Å²) in [6.45, 7) is 4.71. The number of sulfonamides is 1. The van der Waals surface area contributed by atoms with E-state index in [0.717, 1.165) is 28.0 Å². The summed E-state index contributed by atoms with van der Waals surface area (Å²) < 4.78 is 40.3. The van der Waals surface area contributed by atoms with Crippen molar-refractivity contribution in [2.24, 2.45) is 0 Å². The number of fused-ring (bicyclic) bond motifs is 2. The van der Waals surface area contributed by atoms with Crippen molar-refractivity contribution in [1.82, 2.24) is 24.5 Å². The van der Waals surface area contributed by atoms with Gasteiger partial charge in [-0.15, -0.1) is 0 Å². The number of halogens is 1. The summed E-state index contributed by atoms with van der Waals surface area (Å²) in [6, 6.07) is 9.67. The summed E-state index contributed by atoms with van der Waals surface area (Å²) in [6.07, 6.45) is 0.541. The van der Waals surface area contributed by atoms with Crippen molar-refractivity contribution in [1.29, 1.82) is 0 Å². The third-order valence-electron chi connectivity index (χ3n) is 5.88. The summed E-state index contributed by atoms with van der Waals surface area (Å²) >= 11 is 0. The molecule has 9 heteroatoms. The van der Waals surface area contributed by atoms with Crippen LogP contribution in [0, 0.1) is 19.7 Å². The van der Waals surface area contributed by atoms with Gasteiger partial charge in [0.1, 0.15) is 11.5 Å². The van der Waals surface area contributed by atoms with Crippen LogP contribution < -0.4 is 0 Å². The fourth-order valence-electron chi connectivity index (χ4n) is 3.99. The molecule has 0 saturated heterocycles. The van der Waals surface area contributed by atoms with Crippen LogP contribution in [-0.4, -0.2) is 39.4 Å². The van der Waals surface area contributed by atoms with Crippen LogP contribution in [0.1, 0.15) is 27.9 Å². The molecule has 2 aromatic carbocycles. The van der Waals surface area contributed by atoms with Gasteiger partial charge in [0.2, 0.25) is 10.0 Å². The van der Waals surface area contributed by atoms with E-state index in [1.165, 1.54) is 39.7 Å². The Morgan fingerprint density at radius 1 is 1.13 bits per heavy atom. The van der Waals surface area contributed by atoms with Crippen LogP contribution in [0.15, 0.2) is 36.4 Å². The van der Waals surface area contributed by atoms with Gasteiger partial charge >= 0.3 is 0 Å². The molecule has 1 aliphatic heterocycles. The quantitative estimate of drug-likeness (QED) is 0.508. The molecular weight excluding hydrogens is 417 g/mol. The van der Waals surface area contributed by atoms with Crippen LogP contribution in [0.2, 0.25) is 0 Å². The number of rotatable bonds is 4. The normalized spacial score (nSPS) is 14.8. The predicted molar refractivity (Wildman–Crippen MR) is 116 cm³/mol. The number of aromatic nitrogens is 4. The SMILES string of the molecule is Cc1cc2nc(-c3n[nH]c4c3CCN(S(=O)(=O)Cc3ccc(F)cc3)C4)[nH]c2cc1C. The Morgan fingerprint density at radius 3 is 2.65 bits per heavy atom. The Hall–Kier alpha value is -3.04. The monoisotopic (exact) mass is 439 g/mol. The van der Waals surface area contributed by atoms with Gasteiger partial charge in [-0.25, -0.2) is 17.8 Å². The van der Waals surface area contributed by atoms with Gasteiger partial charge < -0.3 is 4.98 Å². The van der Waals surface area contributed by atoms with E-state index < -0.39 is 10.0 Å². The number of hydrogen-bond acceptors (Lipinski definition) is 4. The lowest BCUT2D eigenvalue weighted by Crippen LogP contribution is -2.36. The molecular formula is C22H22FN5O2S. The van der Waals surface area contributed by atoms with Gasteiger partial charge in [-0.1, -0.05) is 12.1 Å². The highest BCUT2D eigenvalue weighted by Crippen LogP contribution is 2.30. The second kappa shape index (κ2) is 7.28. The molecule has 0 bridgehead atoms. The highest BCUT2D eigenvalue weighted by atomic mass is 32.2. The second-order valence-corrected chi connectivity index (χ2v) is 10.0. The van der Waals surface area contributed by atoms with E-state index in [0.29, 0.717) is 24.4 Å². The van der Waals surface area contributed by atoms with Gasteiger partial charge in [-0.05, 0) is 61.2 Å². The average molecular weight is 440 g/mol. The molecule has 31 heavy (non-hydrogen) atoms. The Morgan fingerprint density at radius 2 is 1.87 bits per heavy atom. The standard InChI is InChI=1S/C22H22FN5O2S/c1-13-9-18-19(10-14(13)2)25-22(24-18)21-17-7-8-28(11-20(17)26-27-21)31(29,30)12-15-3-5-16(23)6-4-15/h3-6,9-10H,7-8,11-12H2,1-2H3,(H,24,25)(H,26,27). The van der Waals surface area contributed by atoms with Gasteiger partial charge in [0.05, 0.1) is 29.0 Å². The number of aromatic amines is 2. The minimum absolute atomic E-state index is 0.161. The van der Waals surface area contributed by atoms with Gasteiger partial charge in [0, 0.05) is 12.1 Å². The van der Waals surface area contributed by atoms with Crippen molar-refractivity contribution in [3.05, 3.63) is 70.2 Å². The van der Waals surface area contributed by atoms with Crippen LogP contribution in [-0.2, 0) is 28.7 Å². The molecule has 5 rings (SSSR count). The zero-order valence-corrected chi connectivity index (χ0v) is 18.1. The van der Waals surface area contributed by atoms with E-state index >= 15 is 0 Å². The maximum atomic E-state index is 13.1. The first-order chi connectivity index (χ1) is 14.8. The van der Waals surface area contributed by atoms with Crippen molar-refractivity contribution >= 4 is 21.1 Å². The molecule has 0 radical (unpaired) electrons. The summed E-state index contributed by atoms with van der Waals surface area (Å²) in [4.78, 5) is 8.03. The average Bonchev–Trinajstić information content (AvgIpc) is 3.33. The maximum Gasteiger partial charge on any atom is 0.218 e. The molecule has 0 aliphatic carbocycles. The second-order valence-electron chi connectivity index (χ2n) is 8.03. The third kappa shape index (κ3) is 3.64. The largest absolute Gasteiger partial charge is 0.337 e. The van der Waals surface area contributed by atoms with E-state index in [9.17, 15) is 12.8 Å². The molecule has 7 nitrogen and oxygen atoms in total. The molecule has 2 N–H and O–H groups in total. The van der Waals surface area contributed by atoms with Gasteiger partial charge in [-0.3, -0.25) is 5.10 Å². The van der Waals surface area contributed by atoms with Crippen LogP contribution in [0.3, 0.4) is 0 Å². The first-order valence-electron chi connectivity index (χ1n) is 10.1. The molecule has 0 unspecified atom stereocenters. The number of hydrogen-bond donors (Lipinski definition) is 2. The van der Waals surface area contributed by atoms with Gasteiger partial charge in [0.25, 0.3) is 0 Å². The Balaban J connectivity index is 1.40. The van der Waals surface area contributed by atoms with Crippen LogP contribution in [0.5, 0.6) is 0 Å². The number of nitrogens with one attached hydrogen (secondary N) is 2. The number of H-pyrrole nitrogens is 2. The van der Waals surface area contributed by atoms with E-state index in [-0.39, 0.29) is 18.1 Å². The Kier molecular flexibility index (Phi) is 4.67. The number of benzene rings is 2. The highest BCUT2D eigenvalue weighted by Gasteiger charge is 2.30. The minimum Gasteiger partial charge on any atom is -0.337 e. The topological polar surface area (TPSA) is 94.7 Å². The summed E-state index contributed by atoms with van der Waals surface area (Å²) in [5.41, 5.74) is 7.26. The lowest BCUT2D eigenvalue weighted by Gasteiger charge is -2.26. The van der Waals surface area contributed by atoms with Gasteiger partial charge in [-0.2, -0.15) is 9.40 Å². The lowest BCUT2D eigenvalue weighted by molar-refractivity contribution is 0.386.